The Morgan fingerprint density at radius 2 is 2.00 bits per heavy atom. The number of carbonyl (C=O) groups is 2. The molecule has 0 saturated carbocycles. The van der Waals surface area contributed by atoms with Gasteiger partial charge in [-0.2, -0.15) is 13.2 Å². The maximum Gasteiger partial charge on any atom is 0.490 e. The van der Waals surface area contributed by atoms with Crippen LogP contribution in [-0.2, 0) is 24.4 Å². The van der Waals surface area contributed by atoms with Crippen molar-refractivity contribution in [1.29, 1.82) is 0 Å². The molecule has 1 amide bonds. The van der Waals surface area contributed by atoms with Crippen molar-refractivity contribution in [2.75, 3.05) is 6.54 Å². The van der Waals surface area contributed by atoms with E-state index in [-0.39, 0.29) is 11.9 Å². The van der Waals surface area contributed by atoms with E-state index in [1.807, 2.05) is 26.1 Å². The van der Waals surface area contributed by atoms with Gasteiger partial charge in [0.2, 0.25) is 0 Å². The van der Waals surface area contributed by atoms with Crippen molar-refractivity contribution in [1.82, 2.24) is 24.9 Å². The number of hydrogen-bond donors (Lipinski definition) is 2. The number of halogens is 3. The third-order valence-electron chi connectivity index (χ3n) is 5.38. The molecule has 0 radical (unpaired) electrons. The van der Waals surface area contributed by atoms with Gasteiger partial charge in [0.1, 0.15) is 23.0 Å². The van der Waals surface area contributed by atoms with Gasteiger partial charge in [-0.3, -0.25) is 9.69 Å². The normalized spacial score (nSPS) is 15.9. The summed E-state index contributed by atoms with van der Waals surface area (Å²) in [6.07, 6.45) is -1.66. The summed E-state index contributed by atoms with van der Waals surface area (Å²) in [6.45, 7) is 8.79. The van der Waals surface area contributed by atoms with Crippen molar-refractivity contribution in [3.63, 3.8) is 0 Å². The number of carboxylic acids is 1. The first-order chi connectivity index (χ1) is 16.0. The lowest BCUT2D eigenvalue weighted by Gasteiger charge is -2.33. The number of aromatic nitrogens is 3. The molecule has 1 aliphatic heterocycles. The van der Waals surface area contributed by atoms with Crippen LogP contribution in [0, 0.1) is 13.8 Å². The molecule has 2 N–H and O–H groups in total. The average Bonchev–Trinajstić information content (AvgIpc) is 3.51. The Morgan fingerprint density at radius 3 is 2.56 bits per heavy atom. The van der Waals surface area contributed by atoms with Crippen LogP contribution in [0.3, 0.4) is 0 Å². The number of carboxylic acid groups (broad SMARTS) is 1. The highest BCUT2D eigenvalue weighted by atomic mass is 19.4. The molecule has 0 aromatic carbocycles. The summed E-state index contributed by atoms with van der Waals surface area (Å²) in [5.74, 6) is -0.487. The summed E-state index contributed by atoms with van der Waals surface area (Å²) in [7, 11) is 0. The third-order valence-corrected chi connectivity index (χ3v) is 5.38. The van der Waals surface area contributed by atoms with Gasteiger partial charge in [0.25, 0.3) is 5.91 Å². The molecule has 0 bridgehead atoms. The van der Waals surface area contributed by atoms with Gasteiger partial charge in [-0.25, -0.2) is 9.78 Å². The molecule has 1 aliphatic rings. The van der Waals surface area contributed by atoms with Crippen LogP contribution in [0.5, 0.6) is 0 Å². The van der Waals surface area contributed by atoms with Crippen molar-refractivity contribution in [2.45, 2.75) is 52.6 Å². The zero-order chi connectivity index (χ0) is 25.0. The lowest BCUT2D eigenvalue weighted by Crippen LogP contribution is -2.36. The van der Waals surface area contributed by atoms with Crippen LogP contribution in [0.25, 0.3) is 0 Å². The number of amides is 1. The molecular formula is C21H24F3N5O5. The summed E-state index contributed by atoms with van der Waals surface area (Å²) < 4.78 is 44.3. The Balaban J connectivity index is 0.000000406. The number of alkyl halides is 3. The molecule has 4 heterocycles. The van der Waals surface area contributed by atoms with Crippen molar-refractivity contribution >= 4 is 11.9 Å². The van der Waals surface area contributed by atoms with Gasteiger partial charge in [-0.15, -0.1) is 0 Å². The molecule has 1 unspecified atom stereocenters. The highest BCUT2D eigenvalue weighted by molar-refractivity contribution is 5.92. The quantitative estimate of drug-likeness (QED) is 0.567. The minimum Gasteiger partial charge on any atom is -0.475 e. The molecular weight excluding hydrogens is 459 g/mol. The van der Waals surface area contributed by atoms with Gasteiger partial charge < -0.3 is 23.9 Å². The van der Waals surface area contributed by atoms with Gasteiger partial charge >= 0.3 is 12.1 Å². The Bertz CT molecular complexity index is 1120. The van der Waals surface area contributed by atoms with Crippen LogP contribution in [0.2, 0.25) is 0 Å². The predicted molar refractivity (Wildman–Crippen MR) is 111 cm³/mol. The first-order valence-electron chi connectivity index (χ1n) is 10.3. The molecule has 0 spiro atoms. The molecule has 1 atom stereocenters. The maximum absolute atomic E-state index is 12.4. The number of fused-ring (bicyclic) bond motifs is 1. The maximum atomic E-state index is 12.4. The molecule has 13 heteroatoms. The van der Waals surface area contributed by atoms with Crippen LogP contribution in [0.4, 0.5) is 13.2 Å². The molecule has 10 nitrogen and oxygen atoms in total. The zero-order valence-electron chi connectivity index (χ0n) is 18.7. The number of aryl methyl sites for hydroxylation is 2. The lowest BCUT2D eigenvalue weighted by atomic mass is 10.1. The Morgan fingerprint density at radius 1 is 1.29 bits per heavy atom. The number of hydrogen-bond acceptors (Lipinski definition) is 7. The molecule has 0 aliphatic carbocycles. The second-order valence-electron chi connectivity index (χ2n) is 7.69. The minimum atomic E-state index is -5.08. The number of furan rings is 1. The summed E-state index contributed by atoms with van der Waals surface area (Å²) >= 11 is 0. The van der Waals surface area contributed by atoms with Crippen molar-refractivity contribution in [3.05, 3.63) is 58.9 Å². The molecule has 184 valence electrons. The van der Waals surface area contributed by atoms with E-state index in [0.29, 0.717) is 18.0 Å². The monoisotopic (exact) mass is 483 g/mol. The zero-order valence-corrected chi connectivity index (χ0v) is 18.7. The standard InChI is InChI=1S/C19H23N5O3.C2HF3O2/c1-12-16(14(3)27-22-12)10-23-6-7-24-11-17(21-18(24)13(23)2)19(25)20-9-15-5-4-8-26-15;3-2(4,5)1(6)7/h4-5,8,11,13H,6-7,9-10H2,1-3H3,(H,20,25);(H,6,7). The fraction of sp³-hybridized carbons (Fsp3) is 0.429. The van der Waals surface area contributed by atoms with E-state index in [9.17, 15) is 18.0 Å². The number of aliphatic carboxylic acids is 1. The van der Waals surface area contributed by atoms with E-state index in [1.165, 1.54) is 0 Å². The SMILES string of the molecule is Cc1noc(C)c1CN1CCn2cc(C(=O)NCc3ccco3)nc2C1C.O=C(O)C(F)(F)F. The Kier molecular flexibility index (Phi) is 7.44. The fourth-order valence-corrected chi connectivity index (χ4v) is 3.46. The van der Waals surface area contributed by atoms with E-state index < -0.39 is 12.1 Å². The molecule has 4 rings (SSSR count). The van der Waals surface area contributed by atoms with E-state index in [4.69, 9.17) is 18.8 Å². The summed E-state index contributed by atoms with van der Waals surface area (Å²) in [6, 6.07) is 3.72. The Hall–Kier alpha value is -3.61. The summed E-state index contributed by atoms with van der Waals surface area (Å²) in [5.41, 5.74) is 2.48. The molecule has 0 fully saturated rings. The van der Waals surface area contributed by atoms with Crippen LogP contribution in [-0.4, -0.2) is 49.3 Å². The number of carbonyl (C=O) groups excluding carboxylic acids is 1. The second-order valence-corrected chi connectivity index (χ2v) is 7.69. The molecule has 3 aromatic rings. The van der Waals surface area contributed by atoms with Crippen molar-refractivity contribution < 1.29 is 36.8 Å². The predicted octanol–water partition coefficient (Wildman–Crippen LogP) is 3.22. The first kappa shape index (κ1) is 25.0. The summed E-state index contributed by atoms with van der Waals surface area (Å²) in [5, 5.41) is 14.0. The van der Waals surface area contributed by atoms with Crippen LogP contribution >= 0.6 is 0 Å². The number of rotatable bonds is 5. The molecule has 34 heavy (non-hydrogen) atoms. The second kappa shape index (κ2) is 10.1. The topological polar surface area (TPSA) is 127 Å². The summed E-state index contributed by atoms with van der Waals surface area (Å²) in [4.78, 5) is 28.3. The van der Waals surface area contributed by atoms with Crippen LogP contribution < -0.4 is 5.32 Å². The van der Waals surface area contributed by atoms with Gasteiger partial charge in [-0.05, 0) is 32.9 Å². The largest absolute Gasteiger partial charge is 0.490 e. The minimum absolute atomic E-state index is 0.0964. The highest BCUT2D eigenvalue weighted by Gasteiger charge is 2.38. The average molecular weight is 483 g/mol. The van der Waals surface area contributed by atoms with Crippen LogP contribution in [0.15, 0.2) is 33.5 Å². The van der Waals surface area contributed by atoms with E-state index in [1.54, 1.807) is 12.3 Å². The van der Waals surface area contributed by atoms with Gasteiger partial charge in [0, 0.05) is 31.4 Å². The van der Waals surface area contributed by atoms with Gasteiger partial charge in [-0.1, -0.05) is 5.16 Å². The fourth-order valence-electron chi connectivity index (χ4n) is 3.46. The van der Waals surface area contributed by atoms with E-state index in [2.05, 4.69) is 31.8 Å². The van der Waals surface area contributed by atoms with E-state index >= 15 is 0 Å². The Labute approximate surface area is 192 Å². The number of nitrogens with one attached hydrogen (secondary N) is 1. The van der Waals surface area contributed by atoms with Crippen molar-refractivity contribution in [3.8, 4) is 0 Å². The first-order valence-corrected chi connectivity index (χ1v) is 10.3. The van der Waals surface area contributed by atoms with Crippen molar-refractivity contribution in [2.24, 2.45) is 0 Å². The van der Waals surface area contributed by atoms with E-state index in [0.717, 1.165) is 42.5 Å². The smallest absolute Gasteiger partial charge is 0.475 e. The third kappa shape index (κ3) is 5.84. The molecule has 3 aromatic heterocycles. The molecule has 0 saturated heterocycles. The van der Waals surface area contributed by atoms with Gasteiger partial charge in [0.15, 0.2) is 0 Å². The number of nitrogens with zero attached hydrogens (tertiary/aromatic N) is 4. The van der Waals surface area contributed by atoms with Gasteiger partial charge in [0.05, 0.1) is 24.5 Å². The lowest BCUT2D eigenvalue weighted by molar-refractivity contribution is -0.192. The highest BCUT2D eigenvalue weighted by Crippen LogP contribution is 2.27. The van der Waals surface area contributed by atoms with Crippen LogP contribution in [0.1, 0.15) is 52.1 Å². The number of imidazole rings is 1.